The van der Waals surface area contributed by atoms with E-state index >= 15 is 0 Å². The molecule has 5 rings (SSSR count). The van der Waals surface area contributed by atoms with E-state index in [1.165, 1.54) is 12.1 Å². The topological polar surface area (TPSA) is 49.3 Å². The maximum absolute atomic E-state index is 13.3. The largest absolute Gasteiger partial charge is 0.478 e. The van der Waals surface area contributed by atoms with Crippen molar-refractivity contribution >= 4 is 11.7 Å². The number of carbonyl (C=O) groups is 1. The molecule has 6 heteroatoms. The molecule has 0 spiro atoms. The van der Waals surface area contributed by atoms with Crippen molar-refractivity contribution in [2.24, 2.45) is 17.8 Å². The summed E-state index contributed by atoms with van der Waals surface area (Å²) < 4.78 is 39.8. The van der Waals surface area contributed by atoms with E-state index < -0.39 is 17.7 Å². The van der Waals surface area contributed by atoms with E-state index in [9.17, 15) is 23.1 Å². The number of anilines is 1. The van der Waals surface area contributed by atoms with Crippen LogP contribution in [0.5, 0.6) is 0 Å². The number of carboxylic acids is 1. The Labute approximate surface area is 160 Å². The van der Waals surface area contributed by atoms with Crippen LogP contribution in [0.2, 0.25) is 0 Å². The normalized spacial score (nSPS) is 30.5. The number of carboxylic acid groups (broad SMARTS) is 1. The number of hydrogen-bond donors (Lipinski definition) is 2. The molecule has 2 aliphatic carbocycles. The Balaban J connectivity index is 1.65. The Hall–Kier alpha value is -2.50. The van der Waals surface area contributed by atoms with Crippen molar-refractivity contribution in [2.75, 3.05) is 5.32 Å². The minimum Gasteiger partial charge on any atom is -0.478 e. The average Bonchev–Trinajstić information content (AvgIpc) is 3.28. The number of para-hydroxylation sites is 1. The van der Waals surface area contributed by atoms with Gasteiger partial charge < -0.3 is 10.4 Å². The molecule has 0 aromatic heterocycles. The van der Waals surface area contributed by atoms with Gasteiger partial charge in [-0.2, -0.15) is 13.2 Å². The number of alkyl halides is 3. The van der Waals surface area contributed by atoms with Crippen LogP contribution in [0.1, 0.15) is 58.3 Å². The first-order valence-corrected chi connectivity index (χ1v) is 9.64. The van der Waals surface area contributed by atoms with Gasteiger partial charge in [0.2, 0.25) is 0 Å². The molecule has 3 nitrogen and oxygen atoms in total. The van der Waals surface area contributed by atoms with Gasteiger partial charge in [0.05, 0.1) is 22.9 Å². The second kappa shape index (κ2) is 6.00. The zero-order chi connectivity index (χ0) is 19.6. The fourth-order valence-corrected chi connectivity index (χ4v) is 5.93. The summed E-state index contributed by atoms with van der Waals surface area (Å²) in [4.78, 5) is 11.8. The highest BCUT2D eigenvalue weighted by Crippen LogP contribution is 2.64. The Morgan fingerprint density at radius 2 is 1.82 bits per heavy atom. The smallest absolute Gasteiger partial charge is 0.416 e. The molecule has 1 heterocycles. The van der Waals surface area contributed by atoms with E-state index in [2.05, 4.69) is 5.32 Å². The van der Waals surface area contributed by atoms with Crippen molar-refractivity contribution < 1.29 is 23.1 Å². The second-order valence-corrected chi connectivity index (χ2v) is 8.26. The summed E-state index contributed by atoms with van der Waals surface area (Å²) in [7, 11) is 0. The summed E-state index contributed by atoms with van der Waals surface area (Å²) in [5.41, 5.74) is 1.70. The first-order chi connectivity index (χ1) is 13.3. The summed E-state index contributed by atoms with van der Waals surface area (Å²) >= 11 is 0. The van der Waals surface area contributed by atoms with Crippen LogP contribution in [-0.4, -0.2) is 11.1 Å². The molecule has 5 atom stereocenters. The predicted octanol–water partition coefficient (Wildman–Crippen LogP) is 5.70. The quantitative estimate of drug-likeness (QED) is 0.695. The van der Waals surface area contributed by atoms with Gasteiger partial charge in [-0.25, -0.2) is 4.79 Å². The van der Waals surface area contributed by atoms with Crippen LogP contribution in [-0.2, 0) is 6.18 Å². The molecule has 2 fully saturated rings. The number of benzene rings is 2. The van der Waals surface area contributed by atoms with Crippen molar-refractivity contribution in [3.05, 3.63) is 64.7 Å². The summed E-state index contributed by atoms with van der Waals surface area (Å²) in [6, 6.07) is 10.5. The lowest BCUT2D eigenvalue weighted by atomic mass is 9.67. The fourth-order valence-electron chi connectivity index (χ4n) is 5.93. The fraction of sp³-hybridized carbons (Fsp3) is 0.409. The number of rotatable bonds is 2. The van der Waals surface area contributed by atoms with Crippen molar-refractivity contribution in [2.45, 2.75) is 37.4 Å². The molecule has 28 heavy (non-hydrogen) atoms. The minimum absolute atomic E-state index is 0.190. The standard InChI is InChI=1S/C22H20F3NO2/c23-22(24,25)14-4-1-3-13(10-14)19-18-12-8-7-11(9-12)17(18)15-5-2-6-16(21(27)28)20(15)26-19/h1-6,10-12,17-19,26H,7-9H2,(H,27,28)/t11-,12-,17+,18-,19-/m0/s1. The zero-order valence-corrected chi connectivity index (χ0v) is 15.0. The maximum Gasteiger partial charge on any atom is 0.416 e. The molecule has 3 aliphatic rings. The van der Waals surface area contributed by atoms with Crippen LogP contribution in [0.15, 0.2) is 42.5 Å². The minimum atomic E-state index is -4.40. The highest BCUT2D eigenvalue weighted by atomic mass is 19.4. The lowest BCUT2D eigenvalue weighted by Crippen LogP contribution is -2.36. The van der Waals surface area contributed by atoms with Crippen LogP contribution in [0.4, 0.5) is 18.9 Å². The predicted molar refractivity (Wildman–Crippen MR) is 98.3 cm³/mol. The first kappa shape index (κ1) is 17.6. The molecule has 0 radical (unpaired) electrons. The van der Waals surface area contributed by atoms with Crippen LogP contribution in [0, 0.1) is 17.8 Å². The molecular formula is C22H20F3NO2. The number of aromatic carboxylic acids is 1. The van der Waals surface area contributed by atoms with Gasteiger partial charge in [-0.3, -0.25) is 0 Å². The Kier molecular flexibility index (Phi) is 3.77. The molecule has 0 amide bonds. The van der Waals surface area contributed by atoms with Crippen molar-refractivity contribution in [1.29, 1.82) is 0 Å². The average molecular weight is 387 g/mol. The summed E-state index contributed by atoms with van der Waals surface area (Å²) in [5, 5.41) is 13.0. The van der Waals surface area contributed by atoms with Crippen molar-refractivity contribution in [3.8, 4) is 0 Å². The zero-order valence-electron chi connectivity index (χ0n) is 15.0. The van der Waals surface area contributed by atoms with E-state index in [-0.39, 0.29) is 23.4 Å². The summed E-state index contributed by atoms with van der Waals surface area (Å²) in [6.45, 7) is 0. The Morgan fingerprint density at radius 3 is 2.57 bits per heavy atom. The first-order valence-electron chi connectivity index (χ1n) is 9.64. The van der Waals surface area contributed by atoms with Crippen LogP contribution >= 0.6 is 0 Å². The Bertz CT molecular complexity index is 955. The molecule has 1 aliphatic heterocycles. The second-order valence-electron chi connectivity index (χ2n) is 8.26. The van der Waals surface area contributed by atoms with Gasteiger partial charge in [0, 0.05) is 0 Å². The van der Waals surface area contributed by atoms with Gasteiger partial charge >= 0.3 is 12.1 Å². The lowest BCUT2D eigenvalue weighted by Gasteiger charge is -2.44. The van der Waals surface area contributed by atoms with E-state index in [1.54, 1.807) is 18.2 Å². The molecule has 2 aromatic rings. The van der Waals surface area contributed by atoms with Crippen LogP contribution in [0.25, 0.3) is 0 Å². The Morgan fingerprint density at radius 1 is 1.07 bits per heavy atom. The molecular weight excluding hydrogens is 367 g/mol. The van der Waals surface area contributed by atoms with Crippen molar-refractivity contribution in [3.63, 3.8) is 0 Å². The van der Waals surface area contributed by atoms with Crippen LogP contribution < -0.4 is 5.32 Å². The number of hydrogen-bond acceptors (Lipinski definition) is 2. The lowest BCUT2D eigenvalue weighted by molar-refractivity contribution is -0.137. The number of halogens is 3. The van der Waals surface area contributed by atoms with Gasteiger partial charge in [0.15, 0.2) is 0 Å². The number of fused-ring (bicyclic) bond motifs is 7. The van der Waals surface area contributed by atoms with E-state index in [0.29, 0.717) is 23.1 Å². The van der Waals surface area contributed by atoms with Gasteiger partial charge in [0.25, 0.3) is 0 Å². The van der Waals surface area contributed by atoms with Gasteiger partial charge in [-0.1, -0.05) is 24.3 Å². The summed E-state index contributed by atoms with van der Waals surface area (Å²) in [6.07, 6.45) is -1.12. The van der Waals surface area contributed by atoms with Gasteiger partial charge in [-0.15, -0.1) is 0 Å². The van der Waals surface area contributed by atoms with E-state index in [1.807, 2.05) is 6.07 Å². The number of nitrogens with one attached hydrogen (secondary N) is 1. The van der Waals surface area contributed by atoms with E-state index in [4.69, 9.17) is 0 Å². The maximum atomic E-state index is 13.3. The van der Waals surface area contributed by atoms with Crippen LogP contribution in [0.3, 0.4) is 0 Å². The molecule has 2 bridgehead atoms. The third-order valence-corrected chi connectivity index (χ3v) is 6.92. The molecule has 0 unspecified atom stereocenters. The van der Waals surface area contributed by atoms with Gasteiger partial charge in [0.1, 0.15) is 0 Å². The molecule has 0 saturated heterocycles. The van der Waals surface area contributed by atoms with E-state index in [0.717, 1.165) is 30.9 Å². The molecule has 2 N–H and O–H groups in total. The molecule has 2 saturated carbocycles. The highest BCUT2D eigenvalue weighted by molar-refractivity contribution is 5.95. The highest BCUT2D eigenvalue weighted by Gasteiger charge is 2.54. The van der Waals surface area contributed by atoms with Gasteiger partial charge in [-0.05, 0) is 72.3 Å². The van der Waals surface area contributed by atoms with Crippen molar-refractivity contribution in [1.82, 2.24) is 0 Å². The third-order valence-electron chi connectivity index (χ3n) is 6.92. The molecule has 2 aromatic carbocycles. The SMILES string of the molecule is O=C(O)c1cccc2c1N[C@@H](c1cccc(C(F)(F)F)c1)[C@H]1[C@H]3CC[C@@H](C3)[C@H]21. The third kappa shape index (κ3) is 2.54. The summed E-state index contributed by atoms with van der Waals surface area (Å²) in [5.74, 6) is 0.318. The monoisotopic (exact) mass is 387 g/mol. The molecule has 146 valence electrons.